The van der Waals surface area contributed by atoms with Crippen LogP contribution in [-0.4, -0.2) is 52.6 Å². The molecule has 2 N–H and O–H groups in total. The number of rotatable bonds is 3. The van der Waals surface area contributed by atoms with E-state index in [9.17, 15) is 4.79 Å². The van der Waals surface area contributed by atoms with E-state index in [-0.39, 0.29) is 42.8 Å². The number of hydrogen-bond donors (Lipinski definition) is 2. The normalized spacial score (nSPS) is 22.7. The van der Waals surface area contributed by atoms with Gasteiger partial charge < -0.3 is 15.5 Å². The lowest BCUT2D eigenvalue weighted by Gasteiger charge is -2.19. The Morgan fingerprint density at radius 3 is 2.91 bits per heavy atom. The molecule has 0 saturated carbocycles. The molecule has 126 valence electrons. The zero-order valence-corrected chi connectivity index (χ0v) is 14.8. The fraction of sp³-hybridized carbons (Fsp3) is 0.500. The summed E-state index contributed by atoms with van der Waals surface area (Å²) in [5.74, 6) is 2.80. The van der Waals surface area contributed by atoms with Crippen molar-refractivity contribution in [2.75, 3.05) is 30.0 Å². The minimum Gasteiger partial charge on any atom is -0.366 e. The Hall–Kier alpha value is -1.20. The van der Waals surface area contributed by atoms with Gasteiger partial charge in [0.2, 0.25) is 5.91 Å². The lowest BCUT2D eigenvalue weighted by atomic mass is 10.1. The number of hydrogen-bond acceptors (Lipinski definition) is 6. The second-order valence-corrected chi connectivity index (χ2v) is 6.30. The highest BCUT2D eigenvalue weighted by Gasteiger charge is 2.33. The minimum atomic E-state index is -0.0976. The molecule has 0 bridgehead atoms. The van der Waals surface area contributed by atoms with E-state index >= 15 is 0 Å². The Kier molecular flexibility index (Phi) is 7.92. The van der Waals surface area contributed by atoms with E-state index in [1.54, 1.807) is 30.1 Å². The van der Waals surface area contributed by atoms with Crippen molar-refractivity contribution in [2.45, 2.75) is 18.5 Å². The summed E-state index contributed by atoms with van der Waals surface area (Å²) >= 11 is 1.80. The number of aromatic nitrogens is 1. The van der Waals surface area contributed by atoms with E-state index in [0.717, 1.165) is 37.0 Å². The Bertz CT molecular complexity index is 559. The van der Waals surface area contributed by atoms with Gasteiger partial charge in [0.25, 0.3) is 0 Å². The molecule has 2 aliphatic heterocycles. The highest BCUT2D eigenvalue weighted by atomic mass is 35.5. The van der Waals surface area contributed by atoms with Crippen molar-refractivity contribution < 1.29 is 4.79 Å². The van der Waals surface area contributed by atoms with Gasteiger partial charge in [0.05, 0.1) is 17.5 Å². The van der Waals surface area contributed by atoms with Gasteiger partial charge in [0.15, 0.2) is 0 Å². The minimum absolute atomic E-state index is 0. The molecule has 9 heteroatoms. The van der Waals surface area contributed by atoms with Crippen LogP contribution in [0.15, 0.2) is 18.3 Å². The van der Waals surface area contributed by atoms with Crippen LogP contribution < -0.4 is 10.6 Å². The summed E-state index contributed by atoms with van der Waals surface area (Å²) in [7, 11) is 0. The maximum atomic E-state index is 12.3. The number of thioether (sulfide) groups is 1. The third-order valence-electron chi connectivity index (χ3n) is 3.74. The molecule has 0 aromatic carbocycles. The Labute approximate surface area is 152 Å². The molecule has 2 fully saturated rings. The summed E-state index contributed by atoms with van der Waals surface area (Å²) in [5.41, 5.74) is 0.546. The van der Waals surface area contributed by atoms with Gasteiger partial charge in [-0.05, 0) is 18.6 Å². The number of halogens is 2. The van der Waals surface area contributed by atoms with Gasteiger partial charge in [-0.3, -0.25) is 4.79 Å². The van der Waals surface area contributed by atoms with Gasteiger partial charge in [0, 0.05) is 31.1 Å². The SMILES string of the molecule is Cl.Cl.N#Cc1ccc(N[C@@H]2CN[C@H](C(=O)N3CCSC3)C2)nc1. The van der Waals surface area contributed by atoms with Gasteiger partial charge in [-0.15, -0.1) is 36.6 Å². The van der Waals surface area contributed by atoms with Crippen LogP contribution in [0.25, 0.3) is 0 Å². The van der Waals surface area contributed by atoms with Gasteiger partial charge in [-0.1, -0.05) is 0 Å². The van der Waals surface area contributed by atoms with Crippen LogP contribution in [0.3, 0.4) is 0 Å². The highest BCUT2D eigenvalue weighted by Crippen LogP contribution is 2.19. The Morgan fingerprint density at radius 1 is 1.48 bits per heavy atom. The van der Waals surface area contributed by atoms with Crippen molar-refractivity contribution in [3.05, 3.63) is 23.9 Å². The van der Waals surface area contributed by atoms with Crippen LogP contribution >= 0.6 is 36.6 Å². The molecule has 2 atom stereocenters. The lowest BCUT2D eigenvalue weighted by Crippen LogP contribution is -2.42. The molecular formula is C14H19Cl2N5OS. The molecule has 0 unspecified atom stereocenters. The molecule has 0 spiro atoms. The molecule has 2 saturated heterocycles. The summed E-state index contributed by atoms with van der Waals surface area (Å²) in [4.78, 5) is 18.4. The lowest BCUT2D eigenvalue weighted by molar-refractivity contribution is -0.131. The standard InChI is InChI=1S/C14H17N5OS.2ClH/c15-6-10-1-2-13(17-7-10)18-11-5-12(16-8-11)14(20)19-3-4-21-9-19;;/h1-2,7,11-12,16H,3-5,8-9H2,(H,17,18);2*1H/t11-,12-;;/m0../s1. The van der Waals surface area contributed by atoms with Crippen molar-refractivity contribution in [1.82, 2.24) is 15.2 Å². The molecule has 3 rings (SSSR count). The Morgan fingerprint density at radius 2 is 2.30 bits per heavy atom. The quantitative estimate of drug-likeness (QED) is 0.832. The van der Waals surface area contributed by atoms with E-state index in [1.165, 1.54) is 0 Å². The smallest absolute Gasteiger partial charge is 0.240 e. The van der Waals surface area contributed by atoms with Gasteiger partial charge >= 0.3 is 0 Å². The second kappa shape index (κ2) is 9.18. The molecule has 0 aliphatic carbocycles. The predicted molar refractivity (Wildman–Crippen MR) is 96.3 cm³/mol. The summed E-state index contributed by atoms with van der Waals surface area (Å²) in [6, 6.07) is 5.67. The van der Waals surface area contributed by atoms with Crippen molar-refractivity contribution in [2.24, 2.45) is 0 Å². The van der Waals surface area contributed by atoms with Crippen molar-refractivity contribution in [3.8, 4) is 6.07 Å². The molecule has 6 nitrogen and oxygen atoms in total. The number of nitrogens with zero attached hydrogens (tertiary/aromatic N) is 3. The third-order valence-corrected chi connectivity index (χ3v) is 4.70. The molecule has 3 heterocycles. The zero-order valence-electron chi connectivity index (χ0n) is 12.4. The van der Waals surface area contributed by atoms with Gasteiger partial charge in [0.1, 0.15) is 11.9 Å². The molecule has 0 radical (unpaired) electrons. The van der Waals surface area contributed by atoms with Crippen molar-refractivity contribution in [3.63, 3.8) is 0 Å². The van der Waals surface area contributed by atoms with E-state index in [4.69, 9.17) is 5.26 Å². The fourth-order valence-electron chi connectivity index (χ4n) is 2.60. The first-order valence-corrected chi connectivity index (χ1v) is 8.14. The summed E-state index contributed by atoms with van der Waals surface area (Å²) in [5, 5.41) is 15.3. The molecule has 2 aliphatic rings. The maximum Gasteiger partial charge on any atom is 0.240 e. The first-order valence-electron chi connectivity index (χ1n) is 6.99. The number of nitrogens with one attached hydrogen (secondary N) is 2. The van der Waals surface area contributed by atoms with Gasteiger partial charge in [-0.2, -0.15) is 5.26 Å². The average Bonchev–Trinajstić information content (AvgIpc) is 3.19. The largest absolute Gasteiger partial charge is 0.366 e. The van der Waals surface area contributed by atoms with Crippen LogP contribution in [0.4, 0.5) is 5.82 Å². The number of anilines is 1. The van der Waals surface area contributed by atoms with E-state index in [2.05, 4.69) is 15.6 Å². The first kappa shape index (κ1) is 19.8. The van der Waals surface area contributed by atoms with Crippen LogP contribution in [0.1, 0.15) is 12.0 Å². The van der Waals surface area contributed by atoms with Gasteiger partial charge in [-0.25, -0.2) is 4.98 Å². The third kappa shape index (κ3) is 4.88. The van der Waals surface area contributed by atoms with Crippen LogP contribution in [0.2, 0.25) is 0 Å². The summed E-state index contributed by atoms with van der Waals surface area (Å²) in [6.07, 6.45) is 2.32. The maximum absolute atomic E-state index is 12.3. The number of carbonyl (C=O) groups is 1. The Balaban J connectivity index is 0.00000132. The topological polar surface area (TPSA) is 81.0 Å². The number of amides is 1. The van der Waals surface area contributed by atoms with Crippen molar-refractivity contribution >= 4 is 48.3 Å². The number of pyridine rings is 1. The van der Waals surface area contributed by atoms with Crippen LogP contribution in [-0.2, 0) is 4.79 Å². The number of nitriles is 1. The monoisotopic (exact) mass is 375 g/mol. The first-order chi connectivity index (χ1) is 10.3. The van der Waals surface area contributed by atoms with Crippen LogP contribution in [0.5, 0.6) is 0 Å². The fourth-order valence-corrected chi connectivity index (χ4v) is 3.55. The number of carbonyl (C=O) groups excluding carboxylic acids is 1. The molecule has 1 aromatic heterocycles. The molecular weight excluding hydrogens is 357 g/mol. The zero-order chi connectivity index (χ0) is 14.7. The molecule has 1 amide bonds. The molecule has 1 aromatic rings. The molecule has 23 heavy (non-hydrogen) atoms. The highest BCUT2D eigenvalue weighted by molar-refractivity contribution is 7.99. The summed E-state index contributed by atoms with van der Waals surface area (Å²) < 4.78 is 0. The van der Waals surface area contributed by atoms with Crippen molar-refractivity contribution in [1.29, 1.82) is 5.26 Å². The van der Waals surface area contributed by atoms with Crippen LogP contribution in [0, 0.1) is 11.3 Å². The predicted octanol–water partition coefficient (Wildman–Crippen LogP) is 1.47. The van der Waals surface area contributed by atoms with E-state index in [0.29, 0.717) is 5.56 Å². The van der Waals surface area contributed by atoms with E-state index in [1.807, 2.05) is 11.0 Å². The summed E-state index contributed by atoms with van der Waals surface area (Å²) in [6.45, 7) is 1.61. The second-order valence-electron chi connectivity index (χ2n) is 5.22. The average molecular weight is 376 g/mol. The van der Waals surface area contributed by atoms with E-state index < -0.39 is 0 Å².